The van der Waals surface area contributed by atoms with Gasteiger partial charge < -0.3 is 10.2 Å². The molecule has 0 aromatic heterocycles. The van der Waals surface area contributed by atoms with E-state index in [1.807, 2.05) is 60.7 Å². The molecule has 0 aliphatic rings. The summed E-state index contributed by atoms with van der Waals surface area (Å²) in [5.41, 5.74) is 2.05. The van der Waals surface area contributed by atoms with E-state index in [9.17, 15) is 9.59 Å². The number of carbonyl (C=O) groups excluding carboxylic acids is 2. The Morgan fingerprint density at radius 1 is 0.923 bits per heavy atom. The minimum Gasteiger partial charge on any atom is -0.354 e. The Morgan fingerprint density at radius 2 is 1.46 bits per heavy atom. The first-order valence-corrected chi connectivity index (χ1v) is 9.10. The van der Waals surface area contributed by atoms with Crippen LogP contribution in [0.15, 0.2) is 60.7 Å². The van der Waals surface area contributed by atoms with Crippen LogP contribution < -0.4 is 5.32 Å². The second-order valence-electron chi connectivity index (χ2n) is 6.98. The highest BCUT2D eigenvalue weighted by molar-refractivity contribution is 5.87. The number of amides is 2. The van der Waals surface area contributed by atoms with Gasteiger partial charge in [-0.05, 0) is 17.0 Å². The van der Waals surface area contributed by atoms with Gasteiger partial charge in [-0.2, -0.15) is 0 Å². The van der Waals surface area contributed by atoms with Gasteiger partial charge in [0.15, 0.2) is 0 Å². The minimum atomic E-state index is -0.533. The summed E-state index contributed by atoms with van der Waals surface area (Å²) in [6.45, 7) is 6.65. The van der Waals surface area contributed by atoms with Gasteiger partial charge in [0.25, 0.3) is 0 Å². The topological polar surface area (TPSA) is 49.4 Å². The van der Waals surface area contributed by atoms with E-state index in [0.717, 1.165) is 11.1 Å². The monoisotopic (exact) mass is 352 g/mol. The quantitative estimate of drug-likeness (QED) is 0.791. The predicted molar refractivity (Wildman–Crippen MR) is 104 cm³/mol. The molecule has 2 amide bonds. The van der Waals surface area contributed by atoms with E-state index < -0.39 is 6.04 Å². The van der Waals surface area contributed by atoms with E-state index in [0.29, 0.717) is 25.4 Å². The van der Waals surface area contributed by atoms with Crippen LogP contribution in [0.1, 0.15) is 31.9 Å². The van der Waals surface area contributed by atoms with E-state index in [1.165, 1.54) is 6.92 Å². The minimum absolute atomic E-state index is 0.102. The maximum atomic E-state index is 12.9. The summed E-state index contributed by atoms with van der Waals surface area (Å²) in [4.78, 5) is 26.9. The molecule has 0 fully saturated rings. The third kappa shape index (κ3) is 6.03. The molecule has 4 heteroatoms. The molecule has 0 radical (unpaired) electrons. The van der Waals surface area contributed by atoms with E-state index in [1.54, 1.807) is 4.90 Å². The SMILES string of the molecule is CC(=O)N(Cc1ccccc1)[C@@H](Cc1ccccc1)C(=O)NCC(C)C. The zero-order valence-corrected chi connectivity index (χ0v) is 15.8. The number of benzene rings is 2. The largest absolute Gasteiger partial charge is 0.354 e. The second kappa shape index (κ2) is 9.76. The van der Waals surface area contributed by atoms with Crippen LogP contribution in [0.3, 0.4) is 0 Å². The van der Waals surface area contributed by atoms with Gasteiger partial charge in [-0.1, -0.05) is 74.5 Å². The number of carbonyl (C=O) groups is 2. The zero-order chi connectivity index (χ0) is 18.9. The molecular formula is C22H28N2O2. The van der Waals surface area contributed by atoms with Crippen LogP contribution in [-0.4, -0.2) is 29.3 Å². The van der Waals surface area contributed by atoms with Gasteiger partial charge in [-0.15, -0.1) is 0 Å². The summed E-state index contributed by atoms with van der Waals surface area (Å²) >= 11 is 0. The van der Waals surface area contributed by atoms with Crippen LogP contribution in [-0.2, 0) is 22.6 Å². The first kappa shape index (κ1) is 19.7. The lowest BCUT2D eigenvalue weighted by atomic mass is 10.0. The molecule has 0 saturated carbocycles. The van der Waals surface area contributed by atoms with Crippen LogP contribution in [0.25, 0.3) is 0 Å². The Morgan fingerprint density at radius 3 is 1.96 bits per heavy atom. The van der Waals surface area contributed by atoms with E-state index in [-0.39, 0.29) is 11.8 Å². The summed E-state index contributed by atoms with van der Waals surface area (Å²) in [7, 11) is 0. The van der Waals surface area contributed by atoms with Crippen LogP contribution in [0.5, 0.6) is 0 Å². The van der Waals surface area contributed by atoms with Crippen molar-refractivity contribution in [2.24, 2.45) is 5.92 Å². The van der Waals surface area contributed by atoms with Gasteiger partial charge in [-0.3, -0.25) is 9.59 Å². The van der Waals surface area contributed by atoms with E-state index in [2.05, 4.69) is 19.2 Å². The van der Waals surface area contributed by atoms with Crippen molar-refractivity contribution in [3.05, 3.63) is 71.8 Å². The molecule has 0 aliphatic heterocycles. The van der Waals surface area contributed by atoms with Crippen LogP contribution in [0.4, 0.5) is 0 Å². The highest BCUT2D eigenvalue weighted by Gasteiger charge is 2.28. The van der Waals surface area contributed by atoms with Crippen molar-refractivity contribution in [3.8, 4) is 0 Å². The maximum Gasteiger partial charge on any atom is 0.243 e. The lowest BCUT2D eigenvalue weighted by Gasteiger charge is -2.30. The molecule has 0 bridgehead atoms. The maximum absolute atomic E-state index is 12.9. The fraction of sp³-hybridized carbons (Fsp3) is 0.364. The molecular weight excluding hydrogens is 324 g/mol. The summed E-state index contributed by atoms with van der Waals surface area (Å²) in [6.07, 6.45) is 0.497. The van der Waals surface area contributed by atoms with E-state index in [4.69, 9.17) is 0 Å². The zero-order valence-electron chi connectivity index (χ0n) is 15.8. The molecule has 0 aliphatic carbocycles. The molecule has 1 atom stereocenters. The van der Waals surface area contributed by atoms with Gasteiger partial charge in [0.1, 0.15) is 6.04 Å². The highest BCUT2D eigenvalue weighted by atomic mass is 16.2. The molecule has 138 valence electrons. The van der Waals surface area contributed by atoms with Crippen molar-refractivity contribution in [1.82, 2.24) is 10.2 Å². The van der Waals surface area contributed by atoms with Crippen molar-refractivity contribution in [3.63, 3.8) is 0 Å². The summed E-state index contributed by atoms with van der Waals surface area (Å²) in [6, 6.07) is 19.1. The molecule has 2 aromatic rings. The summed E-state index contributed by atoms with van der Waals surface area (Å²) < 4.78 is 0. The molecule has 2 aromatic carbocycles. The van der Waals surface area contributed by atoms with E-state index >= 15 is 0 Å². The number of hydrogen-bond donors (Lipinski definition) is 1. The van der Waals surface area contributed by atoms with Crippen molar-refractivity contribution in [2.75, 3.05) is 6.54 Å². The van der Waals surface area contributed by atoms with Gasteiger partial charge in [0, 0.05) is 26.4 Å². The molecule has 1 N–H and O–H groups in total. The Balaban J connectivity index is 2.25. The standard InChI is InChI=1S/C22H28N2O2/c1-17(2)15-23-22(26)21(14-19-10-6-4-7-11-19)24(18(3)25)16-20-12-8-5-9-13-20/h4-13,17,21H,14-16H2,1-3H3,(H,23,26)/t21-/m0/s1. The third-order valence-corrected chi connectivity index (χ3v) is 4.24. The van der Waals surface area contributed by atoms with Gasteiger partial charge in [0.2, 0.25) is 11.8 Å². The predicted octanol–water partition coefficient (Wildman–Crippen LogP) is 3.42. The number of nitrogens with one attached hydrogen (secondary N) is 1. The Bertz CT molecular complexity index is 699. The van der Waals surface area contributed by atoms with Crippen molar-refractivity contribution >= 4 is 11.8 Å². The number of nitrogens with zero attached hydrogens (tertiary/aromatic N) is 1. The Labute approximate surface area is 156 Å². The van der Waals surface area contributed by atoms with Crippen LogP contribution in [0, 0.1) is 5.92 Å². The second-order valence-corrected chi connectivity index (χ2v) is 6.98. The highest BCUT2D eigenvalue weighted by Crippen LogP contribution is 2.14. The fourth-order valence-electron chi connectivity index (χ4n) is 2.83. The van der Waals surface area contributed by atoms with Crippen molar-refractivity contribution in [2.45, 2.75) is 39.8 Å². The summed E-state index contributed by atoms with van der Waals surface area (Å²) in [5.74, 6) is 0.152. The summed E-state index contributed by atoms with van der Waals surface area (Å²) in [5, 5.41) is 2.99. The third-order valence-electron chi connectivity index (χ3n) is 4.24. The molecule has 0 spiro atoms. The number of rotatable bonds is 8. The van der Waals surface area contributed by atoms with Crippen LogP contribution >= 0.6 is 0 Å². The molecule has 2 rings (SSSR count). The Hall–Kier alpha value is -2.62. The number of hydrogen-bond acceptors (Lipinski definition) is 2. The smallest absolute Gasteiger partial charge is 0.243 e. The molecule has 0 heterocycles. The Kier molecular flexibility index (Phi) is 7.39. The molecule has 0 saturated heterocycles. The lowest BCUT2D eigenvalue weighted by molar-refractivity contribution is -0.139. The normalized spacial score (nSPS) is 11.8. The first-order chi connectivity index (χ1) is 12.5. The van der Waals surface area contributed by atoms with Gasteiger partial charge in [0.05, 0.1) is 0 Å². The average Bonchev–Trinajstić information content (AvgIpc) is 2.64. The first-order valence-electron chi connectivity index (χ1n) is 9.10. The molecule has 26 heavy (non-hydrogen) atoms. The fourth-order valence-corrected chi connectivity index (χ4v) is 2.83. The molecule has 4 nitrogen and oxygen atoms in total. The van der Waals surface area contributed by atoms with Crippen molar-refractivity contribution < 1.29 is 9.59 Å². The van der Waals surface area contributed by atoms with Gasteiger partial charge >= 0.3 is 0 Å². The lowest BCUT2D eigenvalue weighted by Crippen LogP contribution is -2.50. The van der Waals surface area contributed by atoms with Crippen LogP contribution in [0.2, 0.25) is 0 Å². The molecule has 0 unspecified atom stereocenters. The average molecular weight is 352 g/mol. The van der Waals surface area contributed by atoms with Crippen molar-refractivity contribution in [1.29, 1.82) is 0 Å². The van der Waals surface area contributed by atoms with Gasteiger partial charge in [-0.25, -0.2) is 0 Å².